The molecule has 0 fully saturated rings. The Morgan fingerprint density at radius 2 is 1.37 bits per heavy atom. The third-order valence-electron chi connectivity index (χ3n) is 7.10. The number of ether oxygens (including phenoxy) is 1. The third kappa shape index (κ3) is 6.38. The van der Waals surface area contributed by atoms with Gasteiger partial charge in [0, 0.05) is 19.2 Å². The Hall–Kier alpha value is -4.32. The minimum atomic E-state index is -5.29. The number of halogens is 8. The van der Waals surface area contributed by atoms with Gasteiger partial charge in [-0.25, -0.2) is 8.78 Å². The summed E-state index contributed by atoms with van der Waals surface area (Å²) in [5, 5.41) is 2.21. The van der Waals surface area contributed by atoms with Gasteiger partial charge in [0.2, 0.25) is 0 Å². The van der Waals surface area contributed by atoms with Crippen LogP contribution in [0, 0.1) is 11.6 Å². The van der Waals surface area contributed by atoms with Crippen LogP contribution in [0.4, 0.5) is 35.1 Å². The number of carbonyl (C=O) groups is 1. The number of aromatic nitrogens is 1. The van der Waals surface area contributed by atoms with E-state index in [0.717, 1.165) is 36.5 Å². The number of alkyl halides is 6. The minimum absolute atomic E-state index is 0.133. The first-order valence-corrected chi connectivity index (χ1v) is 12.7. The van der Waals surface area contributed by atoms with Crippen molar-refractivity contribution in [2.75, 3.05) is 13.7 Å². The molecule has 0 radical (unpaired) electrons. The van der Waals surface area contributed by atoms with E-state index < -0.39 is 58.6 Å². The lowest BCUT2D eigenvalue weighted by molar-refractivity contribution is -0.265. The molecule has 1 N–H and O–H groups in total. The van der Waals surface area contributed by atoms with Crippen molar-refractivity contribution < 1.29 is 44.7 Å². The van der Waals surface area contributed by atoms with Crippen LogP contribution in [-0.2, 0) is 33.1 Å². The SMILES string of the molecule is CO[C@@](C(=O)NC[C@](Cc1ccccc1)(c1cc(F)cc(C(F)(F)F)c1)c1ccc(F)cn1)(c1ccccc1)C(F)(F)F. The summed E-state index contributed by atoms with van der Waals surface area (Å²) in [4.78, 5) is 17.6. The van der Waals surface area contributed by atoms with Gasteiger partial charge in [-0.05, 0) is 47.9 Å². The lowest BCUT2D eigenvalue weighted by Gasteiger charge is -2.38. The van der Waals surface area contributed by atoms with Gasteiger partial charge in [-0.3, -0.25) is 9.78 Å². The second-order valence-electron chi connectivity index (χ2n) is 9.76. The number of hydrogen-bond donors (Lipinski definition) is 1. The molecule has 0 unspecified atom stereocenters. The highest BCUT2D eigenvalue weighted by molar-refractivity contribution is 5.88. The van der Waals surface area contributed by atoms with Crippen LogP contribution >= 0.6 is 0 Å². The minimum Gasteiger partial charge on any atom is -0.356 e. The standard InChI is InChI=1S/C31H24F8N2O2/c1-43-29(31(37,38)39,21-10-6-3-7-11-21)27(42)41-19-28(17-20-8-4-2-5-9-20,26-13-12-24(32)18-40-26)22-14-23(30(34,35)36)16-25(33)15-22/h2-16,18H,17,19H2,1H3,(H,41,42)/t28-,29-/m1/s1. The van der Waals surface area contributed by atoms with Gasteiger partial charge in [0.25, 0.3) is 11.5 Å². The highest BCUT2D eigenvalue weighted by Gasteiger charge is 2.62. The molecule has 12 heteroatoms. The van der Waals surface area contributed by atoms with Gasteiger partial charge in [-0.15, -0.1) is 0 Å². The average molecular weight is 609 g/mol. The molecule has 1 heterocycles. The fourth-order valence-corrected chi connectivity index (χ4v) is 5.01. The molecule has 0 aliphatic heterocycles. The first-order chi connectivity index (χ1) is 20.2. The predicted molar refractivity (Wildman–Crippen MR) is 141 cm³/mol. The van der Waals surface area contributed by atoms with Crippen molar-refractivity contribution in [3.63, 3.8) is 0 Å². The molecule has 2 atom stereocenters. The summed E-state index contributed by atoms with van der Waals surface area (Å²) < 4.78 is 119. The maximum absolute atomic E-state index is 14.8. The average Bonchev–Trinajstić information content (AvgIpc) is 2.96. The summed E-state index contributed by atoms with van der Waals surface area (Å²) in [6.45, 7) is -0.811. The van der Waals surface area contributed by atoms with E-state index in [1.807, 2.05) is 0 Å². The number of amides is 1. The summed E-state index contributed by atoms with van der Waals surface area (Å²) in [7, 11) is 0.695. The molecule has 0 spiro atoms. The van der Waals surface area contributed by atoms with E-state index in [2.05, 4.69) is 10.3 Å². The van der Waals surface area contributed by atoms with Gasteiger partial charge in [0.15, 0.2) is 0 Å². The van der Waals surface area contributed by atoms with Crippen LogP contribution in [0.25, 0.3) is 0 Å². The molecule has 0 saturated carbocycles. The molecule has 226 valence electrons. The van der Waals surface area contributed by atoms with Gasteiger partial charge in [-0.1, -0.05) is 60.7 Å². The van der Waals surface area contributed by atoms with Crippen LogP contribution in [0.2, 0.25) is 0 Å². The lowest BCUT2D eigenvalue weighted by Crippen LogP contribution is -2.58. The fraction of sp³-hybridized carbons (Fsp3) is 0.226. The first-order valence-electron chi connectivity index (χ1n) is 12.7. The summed E-state index contributed by atoms with van der Waals surface area (Å²) in [6, 6.07) is 17.9. The number of carbonyl (C=O) groups excluding carboxylic acids is 1. The molecular weight excluding hydrogens is 584 g/mol. The molecule has 43 heavy (non-hydrogen) atoms. The Balaban J connectivity index is 1.94. The Labute approximate surface area is 241 Å². The molecule has 0 bridgehead atoms. The molecule has 3 aromatic carbocycles. The summed E-state index contributed by atoms with van der Waals surface area (Å²) in [6.07, 6.45) is -9.79. The number of nitrogens with zero attached hydrogens (tertiary/aromatic N) is 1. The quantitative estimate of drug-likeness (QED) is 0.206. The van der Waals surface area contributed by atoms with Crippen LogP contribution in [0.15, 0.2) is 97.2 Å². The fourth-order valence-electron chi connectivity index (χ4n) is 5.01. The van der Waals surface area contributed by atoms with Crippen LogP contribution in [0.1, 0.15) is 27.9 Å². The molecular formula is C31H24F8N2O2. The Morgan fingerprint density at radius 1 is 0.767 bits per heavy atom. The van der Waals surface area contributed by atoms with Gasteiger partial charge in [0.1, 0.15) is 11.6 Å². The second kappa shape index (κ2) is 12.1. The number of pyridine rings is 1. The van der Waals surface area contributed by atoms with Crippen molar-refractivity contribution in [1.82, 2.24) is 10.3 Å². The van der Waals surface area contributed by atoms with Gasteiger partial charge in [-0.2, -0.15) is 26.3 Å². The first kappa shape index (κ1) is 31.6. The van der Waals surface area contributed by atoms with E-state index in [4.69, 9.17) is 4.74 Å². The predicted octanol–water partition coefficient (Wildman–Crippen LogP) is 7.13. The van der Waals surface area contributed by atoms with E-state index in [1.165, 1.54) is 18.2 Å². The Morgan fingerprint density at radius 3 is 1.91 bits per heavy atom. The topological polar surface area (TPSA) is 51.2 Å². The Kier molecular flexibility index (Phi) is 8.91. The number of rotatable bonds is 9. The van der Waals surface area contributed by atoms with E-state index in [-0.39, 0.29) is 23.7 Å². The maximum Gasteiger partial charge on any atom is 0.430 e. The van der Waals surface area contributed by atoms with Gasteiger partial charge in [0.05, 0.1) is 22.9 Å². The molecule has 1 amide bonds. The highest BCUT2D eigenvalue weighted by atomic mass is 19.4. The van der Waals surface area contributed by atoms with E-state index >= 15 is 0 Å². The number of hydrogen-bond acceptors (Lipinski definition) is 3. The van der Waals surface area contributed by atoms with Crippen molar-refractivity contribution in [3.8, 4) is 0 Å². The molecule has 1 aromatic heterocycles. The molecule has 4 nitrogen and oxygen atoms in total. The van der Waals surface area contributed by atoms with E-state index in [9.17, 15) is 39.9 Å². The van der Waals surface area contributed by atoms with Gasteiger partial charge >= 0.3 is 12.4 Å². The molecule has 0 saturated heterocycles. The zero-order valence-electron chi connectivity index (χ0n) is 22.4. The van der Waals surface area contributed by atoms with Crippen molar-refractivity contribution in [3.05, 3.63) is 137 Å². The Bertz CT molecular complexity index is 1540. The van der Waals surface area contributed by atoms with Crippen molar-refractivity contribution >= 4 is 5.91 Å². The van der Waals surface area contributed by atoms with Crippen LogP contribution in [0.5, 0.6) is 0 Å². The van der Waals surface area contributed by atoms with Crippen molar-refractivity contribution in [2.24, 2.45) is 0 Å². The smallest absolute Gasteiger partial charge is 0.356 e. The van der Waals surface area contributed by atoms with Gasteiger partial charge < -0.3 is 10.1 Å². The molecule has 4 rings (SSSR count). The second-order valence-corrected chi connectivity index (χ2v) is 9.76. The monoisotopic (exact) mass is 608 g/mol. The number of methoxy groups -OCH3 is 1. The third-order valence-corrected chi connectivity index (χ3v) is 7.10. The van der Waals surface area contributed by atoms with Crippen molar-refractivity contribution in [1.29, 1.82) is 0 Å². The highest BCUT2D eigenvalue weighted by Crippen LogP contribution is 2.43. The van der Waals surface area contributed by atoms with E-state index in [1.54, 1.807) is 30.3 Å². The summed E-state index contributed by atoms with van der Waals surface area (Å²) in [5.41, 5.74) is -7.40. The molecule has 4 aromatic rings. The van der Waals surface area contributed by atoms with Crippen molar-refractivity contribution in [2.45, 2.75) is 29.8 Å². The summed E-state index contributed by atoms with van der Waals surface area (Å²) >= 11 is 0. The number of benzene rings is 3. The van der Waals surface area contributed by atoms with Crippen LogP contribution < -0.4 is 5.32 Å². The van der Waals surface area contributed by atoms with Crippen LogP contribution in [0.3, 0.4) is 0 Å². The zero-order valence-corrected chi connectivity index (χ0v) is 22.4. The zero-order chi connectivity index (χ0) is 31.5. The normalized spacial score (nSPS) is 14.9. The van der Waals surface area contributed by atoms with E-state index in [0.29, 0.717) is 18.7 Å². The number of nitrogens with one attached hydrogen (secondary N) is 1. The van der Waals surface area contributed by atoms with Crippen LogP contribution in [-0.4, -0.2) is 30.7 Å². The maximum atomic E-state index is 14.8. The molecule has 0 aliphatic carbocycles. The molecule has 0 aliphatic rings. The lowest BCUT2D eigenvalue weighted by atomic mass is 9.71. The largest absolute Gasteiger partial charge is 0.430 e. The summed E-state index contributed by atoms with van der Waals surface area (Å²) in [5.74, 6) is -3.78.